The average Bonchev–Trinajstić information content (AvgIpc) is 2.33. The van der Waals surface area contributed by atoms with E-state index in [-0.39, 0.29) is 5.92 Å². The number of rotatable bonds is 2. The molecule has 11 heavy (non-hydrogen) atoms. The van der Waals surface area contributed by atoms with Crippen LogP contribution < -0.4 is 11.1 Å². The fraction of sp³-hybridized carbons (Fsp3) is 0.833. The van der Waals surface area contributed by atoms with Crippen LogP contribution in [0, 0.1) is 5.92 Å². The Labute approximate surface area is 64.2 Å². The first kappa shape index (κ1) is 8.45. The molecule has 1 fully saturated rings. The maximum Gasteiger partial charge on any atom is 0.320 e. The molecule has 1 aliphatic rings. The van der Waals surface area contributed by atoms with Gasteiger partial charge in [0, 0.05) is 19.0 Å². The van der Waals surface area contributed by atoms with Crippen molar-refractivity contribution in [2.24, 2.45) is 11.7 Å². The number of nitrogens with one attached hydrogen (secondary N) is 1. The van der Waals surface area contributed by atoms with Crippen molar-refractivity contribution in [1.82, 2.24) is 5.32 Å². The summed E-state index contributed by atoms with van der Waals surface area (Å²) in [5, 5.41) is 20.6. The number of aliphatic carboxylic acids is 1. The summed E-state index contributed by atoms with van der Waals surface area (Å²) in [6, 6.07) is -0.958. The molecule has 0 aliphatic carbocycles. The van der Waals surface area contributed by atoms with Gasteiger partial charge in [0.15, 0.2) is 0 Å². The SMILES string of the molecule is N[C@@H](C(=O)O)[C@@H]1CNC[C@@H]1O. The average molecular weight is 160 g/mol. The lowest BCUT2D eigenvalue weighted by Gasteiger charge is -2.16. The molecular formula is C6H12N2O3. The molecule has 5 nitrogen and oxygen atoms in total. The Balaban J connectivity index is 2.52. The Morgan fingerprint density at radius 3 is 2.64 bits per heavy atom. The fourth-order valence-corrected chi connectivity index (χ4v) is 1.23. The van der Waals surface area contributed by atoms with Gasteiger partial charge in [0.05, 0.1) is 6.10 Å². The van der Waals surface area contributed by atoms with E-state index in [1.807, 2.05) is 0 Å². The van der Waals surface area contributed by atoms with E-state index in [0.717, 1.165) is 0 Å². The maximum absolute atomic E-state index is 10.4. The van der Waals surface area contributed by atoms with Gasteiger partial charge in [-0.05, 0) is 0 Å². The third kappa shape index (κ3) is 1.68. The fourth-order valence-electron chi connectivity index (χ4n) is 1.23. The van der Waals surface area contributed by atoms with Gasteiger partial charge in [-0.3, -0.25) is 4.79 Å². The second-order valence-electron chi connectivity index (χ2n) is 2.75. The van der Waals surface area contributed by atoms with Gasteiger partial charge in [-0.2, -0.15) is 0 Å². The zero-order valence-electron chi connectivity index (χ0n) is 6.03. The molecule has 5 heteroatoms. The Bertz CT molecular complexity index is 162. The van der Waals surface area contributed by atoms with Gasteiger partial charge in [-0.1, -0.05) is 0 Å². The first-order chi connectivity index (χ1) is 5.13. The summed E-state index contributed by atoms with van der Waals surface area (Å²) in [5.74, 6) is -1.41. The molecule has 64 valence electrons. The van der Waals surface area contributed by atoms with Gasteiger partial charge < -0.3 is 21.3 Å². The van der Waals surface area contributed by atoms with Crippen LogP contribution in [0.15, 0.2) is 0 Å². The molecule has 0 aromatic heterocycles. The van der Waals surface area contributed by atoms with Crippen LogP contribution in [0.25, 0.3) is 0 Å². The van der Waals surface area contributed by atoms with Crippen LogP contribution in [0.4, 0.5) is 0 Å². The highest BCUT2D eigenvalue weighted by Gasteiger charge is 2.33. The molecule has 0 aromatic carbocycles. The highest BCUT2D eigenvalue weighted by atomic mass is 16.4. The smallest absolute Gasteiger partial charge is 0.320 e. The van der Waals surface area contributed by atoms with E-state index >= 15 is 0 Å². The van der Waals surface area contributed by atoms with E-state index in [4.69, 9.17) is 10.8 Å². The van der Waals surface area contributed by atoms with Crippen LogP contribution >= 0.6 is 0 Å². The van der Waals surface area contributed by atoms with Gasteiger partial charge in [0.2, 0.25) is 0 Å². The number of carboxylic acid groups (broad SMARTS) is 1. The number of nitrogens with two attached hydrogens (primary N) is 1. The van der Waals surface area contributed by atoms with Gasteiger partial charge >= 0.3 is 5.97 Å². The summed E-state index contributed by atoms with van der Waals surface area (Å²) in [6.07, 6.45) is -0.624. The van der Waals surface area contributed by atoms with E-state index in [1.165, 1.54) is 0 Å². The third-order valence-corrected chi connectivity index (χ3v) is 1.97. The minimum atomic E-state index is -1.06. The monoisotopic (exact) mass is 160 g/mol. The van der Waals surface area contributed by atoms with Gasteiger partial charge in [-0.15, -0.1) is 0 Å². The normalized spacial score (nSPS) is 33.6. The quantitative estimate of drug-likeness (QED) is 0.374. The van der Waals surface area contributed by atoms with Crippen molar-refractivity contribution < 1.29 is 15.0 Å². The van der Waals surface area contributed by atoms with Crippen molar-refractivity contribution in [3.63, 3.8) is 0 Å². The summed E-state index contributed by atoms with van der Waals surface area (Å²) in [6.45, 7) is 0.917. The molecule has 0 amide bonds. The number of carboxylic acids is 1. The van der Waals surface area contributed by atoms with Crippen molar-refractivity contribution in [1.29, 1.82) is 0 Å². The third-order valence-electron chi connectivity index (χ3n) is 1.97. The molecule has 0 bridgehead atoms. The van der Waals surface area contributed by atoms with Crippen LogP contribution in [-0.2, 0) is 4.79 Å². The Morgan fingerprint density at radius 2 is 2.27 bits per heavy atom. The van der Waals surface area contributed by atoms with Gasteiger partial charge in [-0.25, -0.2) is 0 Å². The van der Waals surface area contributed by atoms with Crippen molar-refractivity contribution in [3.05, 3.63) is 0 Å². The molecule has 1 aliphatic heterocycles. The molecule has 0 radical (unpaired) electrons. The predicted molar refractivity (Wildman–Crippen MR) is 38.0 cm³/mol. The van der Waals surface area contributed by atoms with Crippen molar-refractivity contribution in [2.45, 2.75) is 12.1 Å². The highest BCUT2D eigenvalue weighted by Crippen LogP contribution is 2.11. The van der Waals surface area contributed by atoms with E-state index in [0.29, 0.717) is 13.1 Å². The summed E-state index contributed by atoms with van der Waals surface area (Å²) >= 11 is 0. The molecule has 0 aromatic rings. The molecule has 1 rings (SSSR count). The summed E-state index contributed by atoms with van der Waals surface area (Å²) in [4.78, 5) is 10.4. The second kappa shape index (κ2) is 3.17. The Kier molecular flexibility index (Phi) is 2.43. The number of aliphatic hydroxyl groups excluding tert-OH is 1. The van der Waals surface area contributed by atoms with E-state index in [1.54, 1.807) is 0 Å². The number of hydrogen-bond donors (Lipinski definition) is 4. The van der Waals surface area contributed by atoms with E-state index in [9.17, 15) is 9.90 Å². The first-order valence-electron chi connectivity index (χ1n) is 3.50. The van der Waals surface area contributed by atoms with E-state index < -0.39 is 18.1 Å². The first-order valence-corrected chi connectivity index (χ1v) is 3.50. The van der Waals surface area contributed by atoms with E-state index in [2.05, 4.69) is 5.32 Å². The molecule has 3 atom stereocenters. The second-order valence-corrected chi connectivity index (χ2v) is 2.75. The standard InChI is InChI=1S/C6H12N2O3/c7-5(6(10)11)3-1-8-2-4(3)9/h3-5,8-9H,1-2,7H2,(H,10,11)/t3-,4+,5-/m1/s1. The largest absolute Gasteiger partial charge is 0.480 e. The topological polar surface area (TPSA) is 95.6 Å². The lowest BCUT2D eigenvalue weighted by molar-refractivity contribution is -0.140. The number of aliphatic hydroxyl groups is 1. The summed E-state index contributed by atoms with van der Waals surface area (Å²) in [5.41, 5.74) is 5.31. The summed E-state index contributed by atoms with van der Waals surface area (Å²) in [7, 11) is 0. The number of β-amino-alcohol motifs (C(OH)–C–C–N with tert-alkyl or cyclic N) is 1. The molecule has 5 N–H and O–H groups in total. The predicted octanol–water partition coefficient (Wildman–Crippen LogP) is -2.02. The molecule has 0 saturated carbocycles. The van der Waals surface area contributed by atoms with Crippen LogP contribution in [0.3, 0.4) is 0 Å². The van der Waals surface area contributed by atoms with Crippen molar-refractivity contribution in [3.8, 4) is 0 Å². The van der Waals surface area contributed by atoms with Crippen molar-refractivity contribution in [2.75, 3.05) is 13.1 Å². The molecule has 1 saturated heterocycles. The zero-order valence-corrected chi connectivity index (χ0v) is 6.03. The Hall–Kier alpha value is -0.650. The molecular weight excluding hydrogens is 148 g/mol. The van der Waals surface area contributed by atoms with Crippen LogP contribution in [0.2, 0.25) is 0 Å². The lowest BCUT2D eigenvalue weighted by atomic mass is 9.98. The number of carbonyl (C=O) groups is 1. The molecule has 0 unspecified atom stereocenters. The maximum atomic E-state index is 10.4. The van der Waals surface area contributed by atoms with Crippen LogP contribution in [-0.4, -0.2) is 41.4 Å². The van der Waals surface area contributed by atoms with Crippen LogP contribution in [0.1, 0.15) is 0 Å². The zero-order chi connectivity index (χ0) is 8.43. The highest BCUT2D eigenvalue weighted by molar-refractivity contribution is 5.73. The van der Waals surface area contributed by atoms with Gasteiger partial charge in [0.1, 0.15) is 6.04 Å². The van der Waals surface area contributed by atoms with Crippen LogP contribution in [0.5, 0.6) is 0 Å². The lowest BCUT2D eigenvalue weighted by Crippen LogP contribution is -2.43. The molecule has 0 spiro atoms. The minimum absolute atomic E-state index is 0.354. The van der Waals surface area contributed by atoms with Gasteiger partial charge in [0.25, 0.3) is 0 Å². The molecule has 1 heterocycles. The summed E-state index contributed by atoms with van der Waals surface area (Å²) < 4.78 is 0. The minimum Gasteiger partial charge on any atom is -0.480 e. The Morgan fingerprint density at radius 1 is 1.64 bits per heavy atom. The number of hydrogen-bond acceptors (Lipinski definition) is 4. The van der Waals surface area contributed by atoms with Crippen molar-refractivity contribution >= 4 is 5.97 Å².